The Balaban J connectivity index is 1.48. The molecule has 5 aromatic rings. The molecule has 10 nitrogen and oxygen atoms in total. The first-order valence-corrected chi connectivity index (χ1v) is 13.7. The number of hydrogen-bond acceptors (Lipinski definition) is 6. The van der Waals surface area contributed by atoms with Gasteiger partial charge in [-0.25, -0.2) is 9.78 Å². The molecule has 42 heavy (non-hydrogen) atoms. The van der Waals surface area contributed by atoms with Gasteiger partial charge in [-0.3, -0.25) is 13.9 Å². The van der Waals surface area contributed by atoms with Crippen LogP contribution in [-0.2, 0) is 30.8 Å². The molecule has 2 heterocycles. The van der Waals surface area contributed by atoms with Crippen molar-refractivity contribution in [2.45, 2.75) is 26.1 Å². The Morgan fingerprint density at radius 3 is 2.52 bits per heavy atom. The number of nitriles is 1. The van der Waals surface area contributed by atoms with Crippen molar-refractivity contribution < 1.29 is 9.90 Å². The van der Waals surface area contributed by atoms with Crippen molar-refractivity contribution in [3.8, 4) is 11.9 Å². The Bertz CT molecular complexity index is 1800. The summed E-state index contributed by atoms with van der Waals surface area (Å²) in [6, 6.07) is 23.2. The standard InChI is InChI=1S/C32H33N7O3/c1-36(2)15-14-35-30(40)16-29-31(41)39(21-27-18-34-22-37(27)19-24-12-10-23(17-33)11-13-24)32(42)38(29)20-26-8-5-7-25-6-3-4-9-28(25)26/h3-13,18,22,41H,14-16,19-21H2,1-2H3,(H,35,40). The molecule has 0 aliphatic heterocycles. The molecule has 0 saturated heterocycles. The Kier molecular flexibility index (Phi) is 8.50. The van der Waals surface area contributed by atoms with Crippen LogP contribution in [0, 0.1) is 11.3 Å². The highest BCUT2D eigenvalue weighted by Gasteiger charge is 2.23. The summed E-state index contributed by atoms with van der Waals surface area (Å²) in [5.74, 6) is -0.518. The first kappa shape index (κ1) is 28.4. The van der Waals surface area contributed by atoms with E-state index in [0.717, 1.165) is 21.9 Å². The average Bonchev–Trinajstić information content (AvgIpc) is 3.51. The predicted octanol–water partition coefficient (Wildman–Crippen LogP) is 2.94. The van der Waals surface area contributed by atoms with E-state index in [0.29, 0.717) is 30.9 Å². The molecule has 0 fully saturated rings. The minimum Gasteiger partial charge on any atom is -0.493 e. The van der Waals surface area contributed by atoms with Gasteiger partial charge in [0.1, 0.15) is 0 Å². The maximum absolute atomic E-state index is 13.9. The number of rotatable bonds is 11. The number of benzene rings is 3. The van der Waals surface area contributed by atoms with Gasteiger partial charge in [0.25, 0.3) is 0 Å². The number of aromatic hydroxyl groups is 1. The smallest absolute Gasteiger partial charge is 0.331 e. The number of amides is 1. The topological polar surface area (TPSA) is 121 Å². The lowest BCUT2D eigenvalue weighted by Gasteiger charge is -2.12. The maximum atomic E-state index is 13.9. The van der Waals surface area contributed by atoms with Crippen molar-refractivity contribution in [1.82, 2.24) is 28.9 Å². The second-order valence-corrected chi connectivity index (χ2v) is 10.5. The summed E-state index contributed by atoms with van der Waals surface area (Å²) in [6.07, 6.45) is 3.18. The first-order valence-electron chi connectivity index (χ1n) is 13.7. The van der Waals surface area contributed by atoms with Crippen molar-refractivity contribution >= 4 is 16.7 Å². The Labute approximate surface area is 243 Å². The van der Waals surface area contributed by atoms with Gasteiger partial charge in [-0.1, -0.05) is 54.6 Å². The fraction of sp³-hybridized carbons (Fsp3) is 0.250. The molecule has 2 aromatic heterocycles. The summed E-state index contributed by atoms with van der Waals surface area (Å²) in [5.41, 5.74) is 3.00. The van der Waals surface area contributed by atoms with E-state index in [9.17, 15) is 14.7 Å². The van der Waals surface area contributed by atoms with E-state index < -0.39 is 5.69 Å². The third kappa shape index (κ3) is 6.27. The monoisotopic (exact) mass is 563 g/mol. The fourth-order valence-electron chi connectivity index (χ4n) is 5.01. The highest BCUT2D eigenvalue weighted by molar-refractivity contribution is 5.85. The van der Waals surface area contributed by atoms with Crippen molar-refractivity contribution in [3.63, 3.8) is 0 Å². The number of fused-ring (bicyclic) bond motifs is 1. The Hall–Kier alpha value is -5.14. The molecule has 1 amide bonds. The van der Waals surface area contributed by atoms with Crippen LogP contribution in [0.25, 0.3) is 10.8 Å². The third-order valence-corrected chi connectivity index (χ3v) is 7.27. The molecule has 214 valence electrons. The number of likely N-dealkylation sites (N-methyl/N-ethyl adjacent to an activating group) is 1. The zero-order valence-corrected chi connectivity index (χ0v) is 23.7. The molecule has 0 aliphatic rings. The molecule has 0 radical (unpaired) electrons. The van der Waals surface area contributed by atoms with Gasteiger partial charge in [-0.2, -0.15) is 5.26 Å². The maximum Gasteiger partial charge on any atom is 0.331 e. The molecule has 0 aliphatic carbocycles. The molecule has 10 heteroatoms. The largest absolute Gasteiger partial charge is 0.493 e. The highest BCUT2D eigenvalue weighted by atomic mass is 16.3. The molecule has 0 atom stereocenters. The number of carbonyl (C=O) groups excluding carboxylic acids is 1. The molecule has 0 saturated carbocycles. The van der Waals surface area contributed by atoms with E-state index in [1.165, 1.54) is 9.13 Å². The number of nitrogens with zero attached hydrogens (tertiary/aromatic N) is 6. The van der Waals surface area contributed by atoms with Crippen LogP contribution in [0.15, 0.2) is 84.0 Å². The summed E-state index contributed by atoms with van der Waals surface area (Å²) in [4.78, 5) is 33.0. The molecule has 0 bridgehead atoms. The van der Waals surface area contributed by atoms with Crippen LogP contribution in [0.4, 0.5) is 0 Å². The minimum atomic E-state index is -0.414. The third-order valence-electron chi connectivity index (χ3n) is 7.27. The zero-order valence-electron chi connectivity index (χ0n) is 23.7. The fourth-order valence-corrected chi connectivity index (χ4v) is 5.01. The molecular weight excluding hydrogens is 530 g/mol. The van der Waals surface area contributed by atoms with Gasteiger partial charge in [-0.15, -0.1) is 0 Å². The lowest BCUT2D eigenvalue weighted by atomic mass is 10.0. The van der Waals surface area contributed by atoms with Crippen LogP contribution in [-0.4, -0.2) is 61.8 Å². The van der Waals surface area contributed by atoms with Gasteiger partial charge in [0.05, 0.1) is 48.9 Å². The van der Waals surface area contributed by atoms with E-state index in [-0.39, 0.29) is 37.0 Å². The second kappa shape index (κ2) is 12.6. The van der Waals surface area contributed by atoms with E-state index in [1.54, 1.807) is 24.7 Å². The second-order valence-electron chi connectivity index (χ2n) is 10.5. The van der Waals surface area contributed by atoms with Gasteiger partial charge < -0.3 is 19.9 Å². The molecule has 5 rings (SSSR count). The zero-order chi connectivity index (χ0) is 29.6. The van der Waals surface area contributed by atoms with Crippen molar-refractivity contribution in [2.24, 2.45) is 0 Å². The van der Waals surface area contributed by atoms with Gasteiger partial charge in [0.2, 0.25) is 11.8 Å². The Morgan fingerprint density at radius 1 is 1.00 bits per heavy atom. The summed E-state index contributed by atoms with van der Waals surface area (Å²) >= 11 is 0. The average molecular weight is 564 g/mol. The SMILES string of the molecule is CN(C)CCNC(=O)Cc1c(O)n(Cc2cncn2Cc2ccc(C#N)cc2)c(=O)n1Cc1cccc2ccccc12. The van der Waals surface area contributed by atoms with E-state index in [2.05, 4.69) is 16.4 Å². The molecule has 3 aromatic carbocycles. The van der Waals surface area contributed by atoms with Gasteiger partial charge in [-0.05, 0) is 48.1 Å². The Morgan fingerprint density at radius 2 is 1.76 bits per heavy atom. The first-order chi connectivity index (χ1) is 20.3. The predicted molar refractivity (Wildman–Crippen MR) is 160 cm³/mol. The molecular formula is C32H33N7O3. The van der Waals surface area contributed by atoms with Crippen LogP contribution in [0.1, 0.15) is 28.1 Å². The van der Waals surface area contributed by atoms with E-state index >= 15 is 0 Å². The van der Waals surface area contributed by atoms with Crippen molar-refractivity contribution in [3.05, 3.63) is 118 Å². The van der Waals surface area contributed by atoms with Crippen LogP contribution in [0.2, 0.25) is 0 Å². The van der Waals surface area contributed by atoms with E-state index in [1.807, 2.05) is 78.2 Å². The van der Waals surface area contributed by atoms with Gasteiger partial charge in [0, 0.05) is 25.8 Å². The van der Waals surface area contributed by atoms with Crippen LogP contribution in [0.5, 0.6) is 5.88 Å². The number of hydrogen-bond donors (Lipinski definition) is 2. The van der Waals surface area contributed by atoms with E-state index in [4.69, 9.17) is 5.26 Å². The summed E-state index contributed by atoms with van der Waals surface area (Å²) in [7, 11) is 3.85. The van der Waals surface area contributed by atoms with Gasteiger partial charge in [0.15, 0.2) is 0 Å². The van der Waals surface area contributed by atoms with Crippen LogP contribution < -0.4 is 11.0 Å². The number of nitrogens with one attached hydrogen (secondary N) is 1. The number of carbonyl (C=O) groups is 1. The summed E-state index contributed by atoms with van der Waals surface area (Å²) in [6.45, 7) is 1.87. The van der Waals surface area contributed by atoms with Crippen molar-refractivity contribution in [2.75, 3.05) is 27.2 Å². The minimum absolute atomic E-state index is 0.0682. The van der Waals surface area contributed by atoms with Crippen LogP contribution in [0.3, 0.4) is 0 Å². The highest BCUT2D eigenvalue weighted by Crippen LogP contribution is 2.23. The summed E-state index contributed by atoms with van der Waals surface area (Å²) in [5, 5.41) is 25.4. The summed E-state index contributed by atoms with van der Waals surface area (Å²) < 4.78 is 4.67. The van der Waals surface area contributed by atoms with Gasteiger partial charge >= 0.3 is 5.69 Å². The molecule has 0 spiro atoms. The molecule has 2 N–H and O–H groups in total. The quantitative estimate of drug-likeness (QED) is 0.255. The lowest BCUT2D eigenvalue weighted by Crippen LogP contribution is -2.33. The van der Waals surface area contributed by atoms with Crippen molar-refractivity contribution in [1.29, 1.82) is 5.26 Å². The molecule has 0 unspecified atom stereocenters. The normalized spacial score (nSPS) is 11.2. The number of aromatic nitrogens is 4. The van der Waals surface area contributed by atoms with Crippen LogP contribution >= 0.6 is 0 Å². The number of imidazole rings is 2. The lowest BCUT2D eigenvalue weighted by molar-refractivity contribution is -0.120.